The lowest BCUT2D eigenvalue weighted by atomic mass is 10.1. The van der Waals surface area contributed by atoms with Crippen LogP contribution in [0.2, 0.25) is 0 Å². The standard InChI is InChI=1S/C16H15N3O2/c20-10-12-3-5-18-15(8-12)19-16(21)9-11-1-2-14-13(7-11)4-6-17-14/h1-8,17,20H,9-10H2,(H,18,19,21). The van der Waals surface area contributed by atoms with Crippen molar-refractivity contribution in [2.45, 2.75) is 13.0 Å². The Morgan fingerprint density at radius 1 is 1.19 bits per heavy atom. The monoisotopic (exact) mass is 281 g/mol. The Morgan fingerprint density at radius 2 is 2.10 bits per heavy atom. The summed E-state index contributed by atoms with van der Waals surface area (Å²) in [5.74, 6) is 0.321. The summed E-state index contributed by atoms with van der Waals surface area (Å²) < 4.78 is 0. The summed E-state index contributed by atoms with van der Waals surface area (Å²) in [5.41, 5.74) is 2.71. The van der Waals surface area contributed by atoms with E-state index in [4.69, 9.17) is 5.11 Å². The molecule has 2 aromatic heterocycles. The number of aromatic nitrogens is 2. The van der Waals surface area contributed by atoms with E-state index in [0.29, 0.717) is 11.4 Å². The van der Waals surface area contributed by atoms with Gasteiger partial charge in [-0.05, 0) is 46.8 Å². The Labute approximate surface area is 121 Å². The number of pyridine rings is 1. The van der Waals surface area contributed by atoms with Crippen LogP contribution < -0.4 is 5.32 Å². The van der Waals surface area contributed by atoms with Gasteiger partial charge < -0.3 is 15.4 Å². The van der Waals surface area contributed by atoms with E-state index in [9.17, 15) is 4.79 Å². The minimum absolute atomic E-state index is 0.0739. The van der Waals surface area contributed by atoms with E-state index < -0.39 is 0 Å². The Kier molecular flexibility index (Phi) is 3.66. The number of carbonyl (C=O) groups excluding carboxylic acids is 1. The maximum Gasteiger partial charge on any atom is 0.229 e. The van der Waals surface area contributed by atoms with Gasteiger partial charge in [-0.15, -0.1) is 0 Å². The van der Waals surface area contributed by atoms with E-state index >= 15 is 0 Å². The van der Waals surface area contributed by atoms with Crippen LogP contribution in [-0.2, 0) is 17.8 Å². The maximum absolute atomic E-state index is 12.0. The third-order valence-electron chi connectivity index (χ3n) is 3.26. The summed E-state index contributed by atoms with van der Waals surface area (Å²) >= 11 is 0. The Hall–Kier alpha value is -2.66. The molecule has 0 unspecified atom stereocenters. The minimum Gasteiger partial charge on any atom is -0.392 e. The summed E-state index contributed by atoms with van der Waals surface area (Å²) in [4.78, 5) is 19.2. The molecule has 3 N–H and O–H groups in total. The van der Waals surface area contributed by atoms with Crippen molar-refractivity contribution < 1.29 is 9.90 Å². The van der Waals surface area contributed by atoms with Gasteiger partial charge in [0, 0.05) is 17.9 Å². The topological polar surface area (TPSA) is 78.0 Å². The number of rotatable bonds is 4. The van der Waals surface area contributed by atoms with Gasteiger partial charge in [0.2, 0.25) is 5.91 Å². The second kappa shape index (κ2) is 5.76. The van der Waals surface area contributed by atoms with E-state index in [0.717, 1.165) is 16.5 Å². The molecule has 0 aliphatic heterocycles. The molecule has 0 aliphatic carbocycles. The van der Waals surface area contributed by atoms with Crippen LogP contribution in [-0.4, -0.2) is 21.0 Å². The van der Waals surface area contributed by atoms with Gasteiger partial charge in [0.05, 0.1) is 13.0 Å². The van der Waals surface area contributed by atoms with Crippen molar-refractivity contribution in [1.82, 2.24) is 9.97 Å². The van der Waals surface area contributed by atoms with Crippen molar-refractivity contribution >= 4 is 22.6 Å². The van der Waals surface area contributed by atoms with Crippen molar-refractivity contribution in [3.63, 3.8) is 0 Å². The normalized spacial score (nSPS) is 10.7. The van der Waals surface area contributed by atoms with Gasteiger partial charge in [-0.25, -0.2) is 4.98 Å². The van der Waals surface area contributed by atoms with Gasteiger partial charge in [0.15, 0.2) is 0 Å². The van der Waals surface area contributed by atoms with E-state index in [1.807, 2.05) is 30.5 Å². The molecule has 0 saturated carbocycles. The SMILES string of the molecule is O=C(Cc1ccc2[nH]ccc2c1)Nc1cc(CO)ccn1. The number of carbonyl (C=O) groups is 1. The Morgan fingerprint density at radius 3 is 2.95 bits per heavy atom. The number of H-pyrrole nitrogens is 1. The summed E-state index contributed by atoms with van der Waals surface area (Å²) in [5, 5.41) is 12.9. The Balaban J connectivity index is 1.70. The van der Waals surface area contributed by atoms with Crippen LogP contribution in [0.4, 0.5) is 5.82 Å². The summed E-state index contributed by atoms with van der Waals surface area (Å²) in [6.45, 7) is -0.0739. The molecule has 1 amide bonds. The predicted molar refractivity (Wildman–Crippen MR) is 80.8 cm³/mol. The van der Waals surface area contributed by atoms with Crippen LogP contribution >= 0.6 is 0 Å². The van der Waals surface area contributed by atoms with Crippen molar-refractivity contribution in [1.29, 1.82) is 0 Å². The van der Waals surface area contributed by atoms with E-state index in [1.165, 1.54) is 0 Å². The fourth-order valence-electron chi connectivity index (χ4n) is 2.23. The summed E-state index contributed by atoms with van der Waals surface area (Å²) in [7, 11) is 0. The van der Waals surface area contributed by atoms with E-state index in [1.54, 1.807) is 18.3 Å². The van der Waals surface area contributed by atoms with Crippen LogP contribution in [0.1, 0.15) is 11.1 Å². The molecule has 1 aromatic carbocycles. The van der Waals surface area contributed by atoms with Crippen molar-refractivity contribution in [2.75, 3.05) is 5.32 Å². The lowest BCUT2D eigenvalue weighted by molar-refractivity contribution is -0.115. The van der Waals surface area contributed by atoms with Gasteiger partial charge in [0.1, 0.15) is 5.82 Å². The van der Waals surface area contributed by atoms with E-state index in [-0.39, 0.29) is 18.9 Å². The number of aromatic amines is 1. The number of fused-ring (bicyclic) bond motifs is 1. The third kappa shape index (κ3) is 3.09. The molecule has 3 aromatic rings. The first kappa shape index (κ1) is 13.3. The molecule has 5 nitrogen and oxygen atoms in total. The van der Waals surface area contributed by atoms with Crippen LogP contribution in [0.5, 0.6) is 0 Å². The molecule has 5 heteroatoms. The molecular formula is C16H15N3O2. The first-order valence-electron chi connectivity index (χ1n) is 6.66. The van der Waals surface area contributed by atoms with Crippen LogP contribution in [0.15, 0.2) is 48.8 Å². The number of aliphatic hydroxyl groups excluding tert-OH is 1. The molecule has 3 rings (SSSR count). The molecule has 21 heavy (non-hydrogen) atoms. The number of hydrogen-bond acceptors (Lipinski definition) is 3. The molecule has 0 saturated heterocycles. The highest BCUT2D eigenvalue weighted by Gasteiger charge is 2.06. The summed E-state index contributed by atoms with van der Waals surface area (Å²) in [6.07, 6.45) is 3.72. The van der Waals surface area contributed by atoms with Gasteiger partial charge in [-0.2, -0.15) is 0 Å². The second-order valence-electron chi connectivity index (χ2n) is 4.83. The van der Waals surface area contributed by atoms with Gasteiger partial charge in [0.25, 0.3) is 0 Å². The van der Waals surface area contributed by atoms with Crippen molar-refractivity contribution in [2.24, 2.45) is 0 Å². The lowest BCUT2D eigenvalue weighted by Gasteiger charge is -2.06. The first-order chi connectivity index (χ1) is 10.2. The average Bonchev–Trinajstić information content (AvgIpc) is 2.95. The molecular weight excluding hydrogens is 266 g/mol. The number of amides is 1. The van der Waals surface area contributed by atoms with Gasteiger partial charge in [-0.1, -0.05) is 6.07 Å². The highest BCUT2D eigenvalue weighted by Crippen LogP contribution is 2.15. The molecule has 0 bridgehead atoms. The number of anilines is 1. The fraction of sp³-hybridized carbons (Fsp3) is 0.125. The van der Waals surface area contributed by atoms with Crippen LogP contribution in [0, 0.1) is 0 Å². The maximum atomic E-state index is 12.0. The fourth-order valence-corrected chi connectivity index (χ4v) is 2.23. The molecule has 0 aliphatic rings. The molecule has 2 heterocycles. The average molecular weight is 281 g/mol. The number of benzene rings is 1. The highest BCUT2D eigenvalue weighted by molar-refractivity contribution is 5.92. The predicted octanol–water partition coefficient (Wildman–Crippen LogP) is 2.24. The molecule has 0 radical (unpaired) electrons. The zero-order valence-corrected chi connectivity index (χ0v) is 11.3. The molecule has 0 fully saturated rings. The van der Waals surface area contributed by atoms with Gasteiger partial charge in [-0.3, -0.25) is 4.79 Å². The largest absolute Gasteiger partial charge is 0.392 e. The number of nitrogens with zero attached hydrogens (tertiary/aromatic N) is 1. The van der Waals surface area contributed by atoms with Crippen LogP contribution in [0.25, 0.3) is 10.9 Å². The van der Waals surface area contributed by atoms with Crippen LogP contribution in [0.3, 0.4) is 0 Å². The van der Waals surface area contributed by atoms with Crippen molar-refractivity contribution in [3.8, 4) is 0 Å². The Bertz CT molecular complexity index is 780. The van der Waals surface area contributed by atoms with E-state index in [2.05, 4.69) is 15.3 Å². The number of hydrogen-bond donors (Lipinski definition) is 3. The highest BCUT2D eigenvalue weighted by atomic mass is 16.3. The lowest BCUT2D eigenvalue weighted by Crippen LogP contribution is -2.15. The molecule has 0 atom stereocenters. The zero-order chi connectivity index (χ0) is 14.7. The summed E-state index contributed by atoms with van der Waals surface area (Å²) in [6, 6.07) is 11.2. The third-order valence-corrected chi connectivity index (χ3v) is 3.26. The van der Waals surface area contributed by atoms with Gasteiger partial charge >= 0.3 is 0 Å². The second-order valence-corrected chi connectivity index (χ2v) is 4.83. The van der Waals surface area contributed by atoms with Crippen molar-refractivity contribution in [3.05, 3.63) is 59.9 Å². The number of aliphatic hydroxyl groups is 1. The first-order valence-corrected chi connectivity index (χ1v) is 6.66. The zero-order valence-electron chi connectivity index (χ0n) is 11.3. The number of nitrogens with one attached hydrogen (secondary N) is 2. The smallest absolute Gasteiger partial charge is 0.229 e. The quantitative estimate of drug-likeness (QED) is 0.686. The molecule has 0 spiro atoms. The minimum atomic E-state index is -0.132. The molecule has 106 valence electrons.